The molecule has 0 saturated carbocycles. The van der Waals surface area contributed by atoms with Crippen molar-refractivity contribution in [3.63, 3.8) is 0 Å². The van der Waals surface area contributed by atoms with Crippen LogP contribution in [0.4, 0.5) is 0 Å². The van der Waals surface area contributed by atoms with Crippen molar-refractivity contribution in [1.82, 2.24) is 5.32 Å². The normalized spacial score (nSPS) is 14.0. The van der Waals surface area contributed by atoms with Gasteiger partial charge in [-0.3, -0.25) is 4.79 Å². The highest BCUT2D eigenvalue weighted by atomic mass is 16.3. The summed E-state index contributed by atoms with van der Waals surface area (Å²) < 4.78 is 0. The van der Waals surface area contributed by atoms with Gasteiger partial charge in [0.05, 0.1) is 18.8 Å². The van der Waals surface area contributed by atoms with E-state index in [1.165, 1.54) is 96.3 Å². The van der Waals surface area contributed by atoms with Gasteiger partial charge in [0.2, 0.25) is 5.91 Å². The van der Waals surface area contributed by atoms with Crippen molar-refractivity contribution in [2.75, 3.05) is 6.61 Å². The highest BCUT2D eigenvalue weighted by Gasteiger charge is 2.17. The van der Waals surface area contributed by atoms with Gasteiger partial charge in [-0.25, -0.2) is 0 Å². The van der Waals surface area contributed by atoms with Crippen LogP contribution in [0.2, 0.25) is 0 Å². The standard InChI is InChI=1S/C56H93NO3/c1-3-5-7-9-11-13-15-17-19-21-23-25-26-27-28-29-30-32-34-36-38-40-42-44-46-48-50-52-56(60)57-54(53-58)55(59)51-49-47-45-43-41-39-37-35-33-31-24-22-20-18-16-14-12-10-8-6-4-2/h5,7,11,13,17,19,23,25,27-28,30,32,36,38,41-44,49,51,54-55,58-59H,3-4,6,8-10,12,14-16,18,20-22,24,26,29,31,33-35,37,39-40,45-48,50,52-53H2,1-2H3,(H,57,60)/b7-5-,13-11-,19-17-,25-23-,28-27-,32-30-,38-36-,43-41+,44-42-,51-49+. The molecule has 4 nitrogen and oxygen atoms in total. The number of aliphatic hydroxyl groups excluding tert-OH is 2. The van der Waals surface area contributed by atoms with Crippen molar-refractivity contribution in [2.24, 2.45) is 0 Å². The molecule has 0 aromatic carbocycles. The Hall–Kier alpha value is -3.21. The van der Waals surface area contributed by atoms with E-state index in [1.807, 2.05) is 6.08 Å². The van der Waals surface area contributed by atoms with Crippen LogP contribution in [-0.4, -0.2) is 34.9 Å². The molecule has 1 amide bonds. The molecule has 0 rings (SSSR count). The van der Waals surface area contributed by atoms with E-state index in [4.69, 9.17) is 0 Å². The molecule has 0 aliphatic rings. The predicted octanol–water partition coefficient (Wildman–Crippen LogP) is 16.1. The van der Waals surface area contributed by atoms with E-state index < -0.39 is 12.1 Å². The van der Waals surface area contributed by atoms with Crippen LogP contribution in [0.5, 0.6) is 0 Å². The van der Waals surface area contributed by atoms with Crippen molar-refractivity contribution < 1.29 is 15.0 Å². The summed E-state index contributed by atoms with van der Waals surface area (Å²) >= 11 is 0. The molecule has 0 fully saturated rings. The molecule has 0 saturated heterocycles. The van der Waals surface area contributed by atoms with E-state index >= 15 is 0 Å². The zero-order valence-corrected chi connectivity index (χ0v) is 38.9. The van der Waals surface area contributed by atoms with Gasteiger partial charge in [-0.05, 0) is 96.3 Å². The van der Waals surface area contributed by atoms with Gasteiger partial charge in [0.15, 0.2) is 0 Å². The second-order valence-electron chi connectivity index (χ2n) is 16.1. The minimum absolute atomic E-state index is 0.121. The number of carbonyl (C=O) groups is 1. The van der Waals surface area contributed by atoms with E-state index in [-0.39, 0.29) is 12.5 Å². The maximum absolute atomic E-state index is 12.4. The predicted molar refractivity (Wildman–Crippen MR) is 266 cm³/mol. The number of hydrogen-bond donors (Lipinski definition) is 3. The lowest BCUT2D eigenvalue weighted by Gasteiger charge is -2.19. The van der Waals surface area contributed by atoms with Crippen LogP contribution in [0, 0.1) is 0 Å². The van der Waals surface area contributed by atoms with E-state index in [9.17, 15) is 15.0 Å². The summed E-state index contributed by atoms with van der Waals surface area (Å²) in [6.45, 7) is 4.16. The summed E-state index contributed by atoms with van der Waals surface area (Å²) in [5, 5.41) is 23.0. The lowest BCUT2D eigenvalue weighted by atomic mass is 10.0. The van der Waals surface area contributed by atoms with Crippen LogP contribution >= 0.6 is 0 Å². The number of carbonyl (C=O) groups excluding carboxylic acids is 1. The van der Waals surface area contributed by atoms with Crippen LogP contribution in [0.15, 0.2) is 122 Å². The van der Waals surface area contributed by atoms with E-state index in [0.717, 1.165) is 89.9 Å². The second-order valence-corrected chi connectivity index (χ2v) is 16.1. The Morgan fingerprint density at radius 3 is 1.17 bits per heavy atom. The minimum Gasteiger partial charge on any atom is -0.394 e. The third-order valence-electron chi connectivity index (χ3n) is 10.4. The number of nitrogens with one attached hydrogen (secondary N) is 1. The first-order valence-corrected chi connectivity index (χ1v) is 24.7. The number of unbranched alkanes of at least 4 members (excludes halogenated alkanes) is 18. The van der Waals surface area contributed by atoms with E-state index in [2.05, 4.69) is 129 Å². The average molecular weight is 828 g/mol. The van der Waals surface area contributed by atoms with Crippen molar-refractivity contribution in [2.45, 2.75) is 219 Å². The monoisotopic (exact) mass is 828 g/mol. The van der Waals surface area contributed by atoms with Gasteiger partial charge in [-0.15, -0.1) is 0 Å². The number of hydrogen-bond acceptors (Lipinski definition) is 3. The fourth-order valence-electron chi connectivity index (χ4n) is 6.68. The highest BCUT2D eigenvalue weighted by molar-refractivity contribution is 5.76. The number of rotatable bonds is 43. The summed E-state index contributed by atoms with van der Waals surface area (Å²) in [5.74, 6) is -0.121. The van der Waals surface area contributed by atoms with Gasteiger partial charge in [-0.1, -0.05) is 225 Å². The Balaban J connectivity index is 3.75. The smallest absolute Gasteiger partial charge is 0.220 e. The zero-order valence-electron chi connectivity index (χ0n) is 38.9. The molecule has 340 valence electrons. The number of aliphatic hydroxyl groups is 2. The topological polar surface area (TPSA) is 69.6 Å². The molecule has 0 bridgehead atoms. The molecule has 0 aromatic rings. The first kappa shape index (κ1) is 56.8. The van der Waals surface area contributed by atoms with Gasteiger partial charge >= 0.3 is 0 Å². The van der Waals surface area contributed by atoms with Crippen LogP contribution < -0.4 is 5.32 Å². The third kappa shape index (κ3) is 45.9. The second kappa shape index (κ2) is 50.1. The van der Waals surface area contributed by atoms with Gasteiger partial charge in [-0.2, -0.15) is 0 Å². The molecule has 0 aliphatic heterocycles. The number of allylic oxidation sites excluding steroid dienone is 19. The average Bonchev–Trinajstić information content (AvgIpc) is 3.25. The fourth-order valence-corrected chi connectivity index (χ4v) is 6.68. The molecule has 0 spiro atoms. The highest BCUT2D eigenvalue weighted by Crippen LogP contribution is 2.14. The molecule has 2 atom stereocenters. The molecular weight excluding hydrogens is 735 g/mol. The Morgan fingerprint density at radius 1 is 0.417 bits per heavy atom. The number of amides is 1. The molecular formula is C56H93NO3. The Labute approximate surface area is 371 Å². The lowest BCUT2D eigenvalue weighted by Crippen LogP contribution is -2.45. The molecule has 4 heteroatoms. The SMILES string of the molecule is CC/C=C\C/C=C\C/C=C\C/C=C\C/C=C\C/C=C\C/C=C\C/C=C\CCCCC(=O)NC(CO)C(O)/C=C/CC/C=C/CCCCCCCCCCCCCCCCC. The Bertz CT molecular complexity index is 1210. The van der Waals surface area contributed by atoms with Gasteiger partial charge in [0.1, 0.15) is 0 Å². The van der Waals surface area contributed by atoms with Gasteiger partial charge in [0.25, 0.3) is 0 Å². The molecule has 0 heterocycles. The minimum atomic E-state index is -0.890. The van der Waals surface area contributed by atoms with Gasteiger partial charge in [0, 0.05) is 6.42 Å². The Kier molecular flexibility index (Phi) is 47.5. The summed E-state index contributed by atoms with van der Waals surface area (Å²) in [7, 11) is 0. The van der Waals surface area contributed by atoms with Crippen LogP contribution in [-0.2, 0) is 4.79 Å². The summed E-state index contributed by atoms with van der Waals surface area (Å²) in [6, 6.07) is -0.672. The van der Waals surface area contributed by atoms with E-state index in [1.54, 1.807) is 6.08 Å². The molecule has 0 aliphatic carbocycles. The molecule has 60 heavy (non-hydrogen) atoms. The summed E-state index contributed by atoms with van der Waals surface area (Å²) in [4.78, 5) is 12.4. The van der Waals surface area contributed by atoms with Crippen molar-refractivity contribution in [3.05, 3.63) is 122 Å². The van der Waals surface area contributed by atoms with Gasteiger partial charge < -0.3 is 15.5 Å². The largest absolute Gasteiger partial charge is 0.394 e. The first-order chi connectivity index (χ1) is 29.7. The first-order valence-electron chi connectivity index (χ1n) is 24.7. The maximum atomic E-state index is 12.4. The summed E-state index contributed by atoms with van der Waals surface area (Å²) in [5.41, 5.74) is 0. The molecule has 2 unspecified atom stereocenters. The van der Waals surface area contributed by atoms with Crippen molar-refractivity contribution >= 4 is 5.91 Å². The fraction of sp³-hybridized carbons (Fsp3) is 0.625. The van der Waals surface area contributed by atoms with Crippen LogP contribution in [0.3, 0.4) is 0 Å². The zero-order chi connectivity index (χ0) is 43.5. The maximum Gasteiger partial charge on any atom is 0.220 e. The summed E-state index contributed by atoms with van der Waals surface area (Å²) in [6.07, 6.45) is 77.5. The Morgan fingerprint density at radius 2 is 0.750 bits per heavy atom. The van der Waals surface area contributed by atoms with Crippen LogP contribution in [0.25, 0.3) is 0 Å². The van der Waals surface area contributed by atoms with Crippen LogP contribution in [0.1, 0.15) is 206 Å². The molecule has 3 N–H and O–H groups in total. The quantitative estimate of drug-likeness (QED) is 0.0424. The molecule has 0 aromatic heterocycles. The third-order valence-corrected chi connectivity index (χ3v) is 10.4. The molecule has 0 radical (unpaired) electrons. The lowest BCUT2D eigenvalue weighted by molar-refractivity contribution is -0.123. The van der Waals surface area contributed by atoms with E-state index in [0.29, 0.717) is 6.42 Å². The van der Waals surface area contributed by atoms with Crippen molar-refractivity contribution in [3.8, 4) is 0 Å². The van der Waals surface area contributed by atoms with Crippen molar-refractivity contribution in [1.29, 1.82) is 0 Å².